The molecule has 0 aliphatic rings. The Kier molecular flexibility index (Phi) is 237. The third kappa shape index (κ3) is 168. The van der Waals surface area contributed by atoms with Crippen LogP contribution in [0.2, 0.25) is 0 Å². The SMILES string of the molecule is CCO.[O-2].[O-2].[Ti+4]. The predicted octanol–water partition coefficient (Wildman–Crippen LogP) is -0.241. The summed E-state index contributed by atoms with van der Waals surface area (Å²) in [5, 5.41) is 7.57. The Hall–Kier alpha value is 0.594. The van der Waals surface area contributed by atoms with Gasteiger partial charge in [0.15, 0.2) is 0 Å². The molecule has 0 bridgehead atoms. The van der Waals surface area contributed by atoms with Gasteiger partial charge >= 0.3 is 21.7 Å². The molecule has 0 unspecified atom stereocenters. The van der Waals surface area contributed by atoms with Gasteiger partial charge in [-0.15, -0.1) is 0 Å². The van der Waals surface area contributed by atoms with Crippen LogP contribution in [0.25, 0.3) is 0 Å². The van der Waals surface area contributed by atoms with Crippen LogP contribution >= 0.6 is 0 Å². The summed E-state index contributed by atoms with van der Waals surface area (Å²) in [5.74, 6) is 0. The van der Waals surface area contributed by atoms with E-state index in [0.29, 0.717) is 0 Å². The molecule has 0 aliphatic carbocycles. The molecule has 0 radical (unpaired) electrons. The van der Waals surface area contributed by atoms with E-state index >= 15 is 0 Å². The first kappa shape index (κ1) is 30.7. The Morgan fingerprint density at radius 1 is 1.33 bits per heavy atom. The number of aliphatic hydroxyl groups is 1. The third-order valence-corrected chi connectivity index (χ3v) is 0. The Labute approximate surface area is 51.9 Å². The topological polar surface area (TPSA) is 77.2 Å². The van der Waals surface area contributed by atoms with E-state index in [9.17, 15) is 0 Å². The van der Waals surface area contributed by atoms with Crippen LogP contribution in [0.4, 0.5) is 0 Å². The Morgan fingerprint density at radius 3 is 1.33 bits per heavy atom. The molecule has 3 nitrogen and oxygen atoms in total. The maximum absolute atomic E-state index is 7.57. The zero-order chi connectivity index (χ0) is 2.71. The molecular weight excluding hydrogens is 120 g/mol. The van der Waals surface area contributed by atoms with Crippen LogP contribution in [0.1, 0.15) is 6.92 Å². The van der Waals surface area contributed by atoms with Crippen LogP contribution in [0.15, 0.2) is 0 Å². The molecule has 0 saturated heterocycles. The molecule has 1 N–H and O–H groups in total. The van der Waals surface area contributed by atoms with Gasteiger partial charge in [-0.2, -0.15) is 0 Å². The van der Waals surface area contributed by atoms with Crippen LogP contribution in [-0.4, -0.2) is 11.7 Å². The monoisotopic (exact) mass is 126 g/mol. The summed E-state index contributed by atoms with van der Waals surface area (Å²) in [6.45, 7) is 1.93. The molecule has 0 saturated carbocycles. The molecule has 0 atom stereocenters. The molecule has 0 aromatic carbocycles. The van der Waals surface area contributed by atoms with Crippen LogP contribution in [0.3, 0.4) is 0 Å². The second-order valence-corrected chi connectivity index (χ2v) is 0.316. The van der Waals surface area contributed by atoms with Crippen LogP contribution in [-0.2, 0) is 32.7 Å². The van der Waals surface area contributed by atoms with Gasteiger partial charge in [0.05, 0.1) is 0 Å². The van der Waals surface area contributed by atoms with Gasteiger partial charge in [0, 0.05) is 6.61 Å². The van der Waals surface area contributed by atoms with Crippen molar-refractivity contribution < 1.29 is 37.8 Å². The van der Waals surface area contributed by atoms with Gasteiger partial charge in [-0.25, -0.2) is 0 Å². The first-order valence-electron chi connectivity index (χ1n) is 1.02. The average Bonchev–Trinajstić information content (AvgIpc) is 0.918. The molecule has 6 heavy (non-hydrogen) atoms. The molecule has 0 amide bonds. The van der Waals surface area contributed by atoms with E-state index in [1.807, 2.05) is 0 Å². The fourth-order valence-electron chi connectivity index (χ4n) is 0. The third-order valence-electron chi connectivity index (χ3n) is 0. The largest absolute Gasteiger partial charge is 4.00 e. The Morgan fingerprint density at radius 2 is 1.33 bits per heavy atom. The smallest absolute Gasteiger partial charge is 2.00 e. The quantitative estimate of drug-likeness (QED) is 0.446. The van der Waals surface area contributed by atoms with Crippen molar-refractivity contribution in [3.63, 3.8) is 0 Å². The van der Waals surface area contributed by atoms with Gasteiger partial charge in [0.25, 0.3) is 0 Å². The zero-order valence-corrected chi connectivity index (χ0v) is 5.03. The summed E-state index contributed by atoms with van der Waals surface area (Å²) < 4.78 is 0. The van der Waals surface area contributed by atoms with E-state index in [0.717, 1.165) is 0 Å². The maximum atomic E-state index is 7.57. The fraction of sp³-hybridized carbons (Fsp3) is 1.00. The van der Waals surface area contributed by atoms with E-state index in [4.69, 9.17) is 5.11 Å². The summed E-state index contributed by atoms with van der Waals surface area (Å²) in [6.07, 6.45) is 0. The van der Waals surface area contributed by atoms with Crippen molar-refractivity contribution in [2.75, 3.05) is 6.61 Å². The summed E-state index contributed by atoms with van der Waals surface area (Å²) in [7, 11) is 0. The summed E-state index contributed by atoms with van der Waals surface area (Å²) >= 11 is 0. The molecular formula is C2H6O3Ti. The van der Waals surface area contributed by atoms with Crippen LogP contribution in [0, 0.1) is 0 Å². The Bertz CT molecular complexity index is 8.75. The van der Waals surface area contributed by atoms with E-state index in [1.165, 1.54) is 0 Å². The number of rotatable bonds is 0. The Balaban J connectivity index is -0.00000000667. The molecule has 36 valence electrons. The molecule has 0 spiro atoms. The summed E-state index contributed by atoms with van der Waals surface area (Å²) in [5.41, 5.74) is 0. The average molecular weight is 126 g/mol. The van der Waals surface area contributed by atoms with Gasteiger partial charge in [-0.1, -0.05) is 0 Å². The van der Waals surface area contributed by atoms with Crippen molar-refractivity contribution in [3.8, 4) is 0 Å². The number of aliphatic hydroxyl groups excluding tert-OH is 1. The molecule has 0 aromatic heterocycles. The van der Waals surface area contributed by atoms with Crippen molar-refractivity contribution in [1.82, 2.24) is 0 Å². The van der Waals surface area contributed by atoms with Gasteiger partial charge in [0.1, 0.15) is 0 Å². The van der Waals surface area contributed by atoms with E-state index in [1.54, 1.807) is 6.92 Å². The van der Waals surface area contributed by atoms with E-state index < -0.39 is 0 Å². The fourth-order valence-corrected chi connectivity index (χ4v) is 0. The van der Waals surface area contributed by atoms with Crippen molar-refractivity contribution in [2.24, 2.45) is 0 Å². The molecule has 0 rings (SSSR count). The molecule has 0 fully saturated rings. The van der Waals surface area contributed by atoms with E-state index in [-0.39, 0.29) is 39.3 Å². The van der Waals surface area contributed by atoms with Crippen molar-refractivity contribution >= 4 is 0 Å². The van der Waals surface area contributed by atoms with Crippen LogP contribution < -0.4 is 0 Å². The minimum absolute atomic E-state index is 0. The zero-order valence-electron chi connectivity index (χ0n) is 3.47. The maximum Gasteiger partial charge on any atom is 4.00 e. The minimum Gasteiger partial charge on any atom is -2.00 e. The first-order chi connectivity index (χ1) is 1.41. The predicted molar refractivity (Wildman–Crippen MR) is 14.1 cm³/mol. The molecule has 4 heteroatoms. The normalized spacial score (nSPS) is 3.00. The number of hydrogen-bond donors (Lipinski definition) is 1. The number of hydrogen-bond acceptors (Lipinski definition) is 1. The van der Waals surface area contributed by atoms with Crippen LogP contribution in [0.5, 0.6) is 0 Å². The van der Waals surface area contributed by atoms with Crippen molar-refractivity contribution in [3.05, 3.63) is 0 Å². The standard InChI is InChI=1S/C2H6O.2O.Ti/c1-2-3;;;/h3H,2H2,1H3;;;/q;2*-2;+4. The molecule has 0 heterocycles. The molecule has 0 aromatic rings. The van der Waals surface area contributed by atoms with E-state index in [2.05, 4.69) is 0 Å². The summed E-state index contributed by atoms with van der Waals surface area (Å²) in [6, 6.07) is 0. The summed E-state index contributed by atoms with van der Waals surface area (Å²) in [4.78, 5) is 0. The van der Waals surface area contributed by atoms with Gasteiger partial charge < -0.3 is 16.1 Å². The first-order valence-corrected chi connectivity index (χ1v) is 1.02. The second-order valence-electron chi connectivity index (χ2n) is 0.316. The minimum atomic E-state index is 0. The van der Waals surface area contributed by atoms with Gasteiger partial charge in [0.2, 0.25) is 0 Å². The van der Waals surface area contributed by atoms with Gasteiger partial charge in [-0.3, -0.25) is 0 Å². The van der Waals surface area contributed by atoms with Crippen molar-refractivity contribution in [2.45, 2.75) is 6.92 Å². The second kappa shape index (κ2) is 46.5. The molecule has 0 aliphatic heterocycles. The van der Waals surface area contributed by atoms with Gasteiger partial charge in [-0.05, 0) is 6.92 Å². The van der Waals surface area contributed by atoms with Crippen molar-refractivity contribution in [1.29, 1.82) is 0 Å².